The fourth-order valence-corrected chi connectivity index (χ4v) is 2.71. The van der Waals surface area contributed by atoms with Crippen molar-refractivity contribution in [3.63, 3.8) is 0 Å². The maximum atomic E-state index is 12.4. The van der Waals surface area contributed by atoms with E-state index < -0.39 is 10.8 Å². The van der Waals surface area contributed by atoms with Crippen molar-refractivity contribution >= 4 is 46.6 Å². The number of benzene rings is 2. The molecule has 28 heavy (non-hydrogen) atoms. The number of nitro benzene ring substituents is 1. The third-order valence-electron chi connectivity index (χ3n) is 3.54. The van der Waals surface area contributed by atoms with Gasteiger partial charge in [-0.25, -0.2) is 0 Å². The van der Waals surface area contributed by atoms with Crippen LogP contribution in [0.3, 0.4) is 0 Å². The van der Waals surface area contributed by atoms with Crippen molar-refractivity contribution < 1.29 is 19.2 Å². The van der Waals surface area contributed by atoms with Crippen molar-refractivity contribution in [1.29, 1.82) is 5.26 Å². The number of non-ortho nitro benzene ring substituents is 1. The molecule has 0 fully saturated rings. The number of amides is 1. The summed E-state index contributed by atoms with van der Waals surface area (Å²) in [4.78, 5) is 22.7. The van der Waals surface area contributed by atoms with Gasteiger partial charge in [0.05, 0.1) is 34.9 Å². The van der Waals surface area contributed by atoms with Gasteiger partial charge in [-0.2, -0.15) is 5.26 Å². The third kappa shape index (κ3) is 4.71. The number of hydrogen-bond acceptors (Lipinski definition) is 6. The first kappa shape index (κ1) is 21.0. The molecular weight excluding hydrogens is 409 g/mol. The molecule has 2 rings (SSSR count). The Labute approximate surface area is 170 Å². The van der Waals surface area contributed by atoms with Crippen LogP contribution in [0.15, 0.2) is 35.9 Å². The summed E-state index contributed by atoms with van der Waals surface area (Å²) >= 11 is 12.1. The third-order valence-corrected chi connectivity index (χ3v) is 4.15. The monoisotopic (exact) mass is 421 g/mol. The smallest absolute Gasteiger partial charge is 0.271 e. The minimum atomic E-state index is -0.796. The van der Waals surface area contributed by atoms with E-state index in [1.165, 1.54) is 44.6 Å². The van der Waals surface area contributed by atoms with E-state index in [1.54, 1.807) is 6.07 Å². The lowest BCUT2D eigenvalue weighted by Crippen LogP contribution is -2.14. The lowest BCUT2D eigenvalue weighted by atomic mass is 10.1. The first-order valence-electron chi connectivity index (χ1n) is 7.59. The fourth-order valence-electron chi connectivity index (χ4n) is 2.25. The van der Waals surface area contributed by atoms with Crippen molar-refractivity contribution in [2.75, 3.05) is 19.5 Å². The number of hydrogen-bond donors (Lipinski definition) is 1. The zero-order valence-electron chi connectivity index (χ0n) is 14.7. The topological polar surface area (TPSA) is 114 Å². The molecule has 0 saturated carbocycles. The maximum absolute atomic E-state index is 12.4. The zero-order valence-corrected chi connectivity index (χ0v) is 16.2. The van der Waals surface area contributed by atoms with Crippen molar-refractivity contribution in [2.45, 2.75) is 0 Å². The van der Waals surface area contributed by atoms with Gasteiger partial charge in [0.25, 0.3) is 11.6 Å². The molecule has 2 aromatic rings. The maximum Gasteiger partial charge on any atom is 0.271 e. The van der Waals surface area contributed by atoms with Gasteiger partial charge in [-0.1, -0.05) is 23.2 Å². The molecule has 0 aromatic heterocycles. The van der Waals surface area contributed by atoms with E-state index in [9.17, 15) is 20.2 Å². The standard InChI is InChI=1S/C18H13Cl2N3O5/c1-27-16-7-10(6-14(20)17(16)28-2)5-11(9-21)18(24)22-15-8-12(23(25)26)3-4-13(15)19/h3-8H,1-2H3,(H,22,24)/b11-5+. The summed E-state index contributed by atoms with van der Waals surface area (Å²) < 4.78 is 10.3. The van der Waals surface area contributed by atoms with Crippen molar-refractivity contribution in [3.05, 3.63) is 61.6 Å². The molecule has 0 atom stereocenters. The van der Waals surface area contributed by atoms with Crippen LogP contribution in [-0.2, 0) is 4.79 Å². The second-order valence-corrected chi connectivity index (χ2v) is 6.10. The number of nitrogens with zero attached hydrogens (tertiary/aromatic N) is 2. The number of carbonyl (C=O) groups excluding carboxylic acids is 1. The van der Waals surface area contributed by atoms with E-state index in [1.807, 2.05) is 0 Å². The van der Waals surface area contributed by atoms with E-state index in [-0.39, 0.29) is 27.0 Å². The zero-order chi connectivity index (χ0) is 20.8. The normalized spacial score (nSPS) is 10.8. The van der Waals surface area contributed by atoms with Crippen LogP contribution in [0.2, 0.25) is 10.0 Å². The molecule has 0 spiro atoms. The highest BCUT2D eigenvalue weighted by atomic mass is 35.5. The fraction of sp³-hybridized carbons (Fsp3) is 0.111. The van der Waals surface area contributed by atoms with Gasteiger partial charge < -0.3 is 14.8 Å². The van der Waals surface area contributed by atoms with Crippen LogP contribution in [0.5, 0.6) is 11.5 Å². The van der Waals surface area contributed by atoms with Crippen LogP contribution >= 0.6 is 23.2 Å². The first-order chi connectivity index (χ1) is 13.3. The molecule has 0 radical (unpaired) electrons. The lowest BCUT2D eigenvalue weighted by Gasteiger charge is -2.10. The molecule has 0 aliphatic heterocycles. The predicted octanol–water partition coefficient (Wildman–Crippen LogP) is 4.46. The summed E-state index contributed by atoms with van der Waals surface area (Å²) in [6, 6.07) is 8.38. The number of ether oxygens (including phenoxy) is 2. The summed E-state index contributed by atoms with van der Waals surface area (Å²) in [6.45, 7) is 0. The molecule has 144 valence electrons. The Bertz CT molecular complexity index is 1020. The Hall–Kier alpha value is -3.28. The molecule has 0 bridgehead atoms. The van der Waals surface area contributed by atoms with Crippen LogP contribution in [0, 0.1) is 21.4 Å². The first-order valence-corrected chi connectivity index (χ1v) is 8.35. The highest BCUT2D eigenvalue weighted by Crippen LogP contribution is 2.36. The molecule has 0 aliphatic carbocycles. The SMILES string of the molecule is COc1cc(/C=C(\C#N)C(=O)Nc2cc([N+](=O)[O-])ccc2Cl)cc(Cl)c1OC. The molecule has 0 aliphatic rings. The summed E-state index contributed by atoms with van der Waals surface area (Å²) in [5.74, 6) is -0.163. The molecule has 0 heterocycles. The number of anilines is 1. The highest BCUT2D eigenvalue weighted by molar-refractivity contribution is 6.34. The molecule has 2 aromatic carbocycles. The Morgan fingerprint density at radius 2 is 1.93 bits per heavy atom. The molecule has 0 saturated heterocycles. The Balaban J connectivity index is 2.37. The molecule has 10 heteroatoms. The second kappa shape index (κ2) is 9.08. The number of nitrogens with one attached hydrogen (secondary N) is 1. The Kier molecular flexibility index (Phi) is 6.82. The van der Waals surface area contributed by atoms with Crippen LogP contribution in [0.4, 0.5) is 11.4 Å². The molecule has 1 amide bonds. The highest BCUT2D eigenvalue weighted by Gasteiger charge is 2.16. The summed E-state index contributed by atoms with van der Waals surface area (Å²) in [5, 5.41) is 22.9. The number of rotatable bonds is 6. The summed E-state index contributed by atoms with van der Waals surface area (Å²) in [7, 11) is 2.85. The number of methoxy groups -OCH3 is 2. The van der Waals surface area contributed by atoms with E-state index in [4.69, 9.17) is 32.7 Å². The van der Waals surface area contributed by atoms with Gasteiger partial charge >= 0.3 is 0 Å². The molecular formula is C18H13Cl2N3O5. The van der Waals surface area contributed by atoms with E-state index >= 15 is 0 Å². The number of nitro groups is 1. The van der Waals surface area contributed by atoms with Crippen LogP contribution < -0.4 is 14.8 Å². The predicted molar refractivity (Wildman–Crippen MR) is 105 cm³/mol. The molecule has 0 unspecified atom stereocenters. The van der Waals surface area contributed by atoms with Crippen LogP contribution in [0.25, 0.3) is 6.08 Å². The van der Waals surface area contributed by atoms with Crippen molar-refractivity contribution in [3.8, 4) is 17.6 Å². The van der Waals surface area contributed by atoms with Gasteiger partial charge in [0, 0.05) is 12.1 Å². The van der Waals surface area contributed by atoms with Gasteiger partial charge in [-0.3, -0.25) is 14.9 Å². The number of carbonyl (C=O) groups is 1. The largest absolute Gasteiger partial charge is 0.493 e. The summed E-state index contributed by atoms with van der Waals surface area (Å²) in [5.41, 5.74) is -0.105. The summed E-state index contributed by atoms with van der Waals surface area (Å²) in [6.07, 6.45) is 1.29. The second-order valence-electron chi connectivity index (χ2n) is 5.28. The van der Waals surface area contributed by atoms with Gasteiger partial charge in [0.15, 0.2) is 11.5 Å². The lowest BCUT2D eigenvalue weighted by molar-refractivity contribution is -0.384. The average Bonchev–Trinajstić information content (AvgIpc) is 2.66. The minimum absolute atomic E-state index is 0.00682. The number of halogens is 2. The Morgan fingerprint density at radius 1 is 1.21 bits per heavy atom. The quantitative estimate of drug-likeness (QED) is 0.318. The van der Waals surface area contributed by atoms with Gasteiger partial charge in [-0.15, -0.1) is 0 Å². The molecule has 8 nitrogen and oxygen atoms in total. The minimum Gasteiger partial charge on any atom is -0.493 e. The molecule has 1 N–H and O–H groups in total. The van der Waals surface area contributed by atoms with Crippen molar-refractivity contribution in [2.24, 2.45) is 0 Å². The Morgan fingerprint density at radius 3 is 2.50 bits per heavy atom. The average molecular weight is 422 g/mol. The number of nitriles is 1. The van der Waals surface area contributed by atoms with Gasteiger partial charge in [-0.05, 0) is 29.8 Å². The van der Waals surface area contributed by atoms with Gasteiger partial charge in [0.2, 0.25) is 0 Å². The van der Waals surface area contributed by atoms with E-state index in [0.717, 1.165) is 6.07 Å². The van der Waals surface area contributed by atoms with E-state index in [0.29, 0.717) is 17.1 Å². The van der Waals surface area contributed by atoms with Gasteiger partial charge in [0.1, 0.15) is 11.6 Å². The van der Waals surface area contributed by atoms with Crippen LogP contribution in [-0.4, -0.2) is 25.1 Å². The van der Waals surface area contributed by atoms with Crippen LogP contribution in [0.1, 0.15) is 5.56 Å². The van der Waals surface area contributed by atoms with E-state index in [2.05, 4.69) is 5.32 Å². The van der Waals surface area contributed by atoms with Crippen molar-refractivity contribution in [1.82, 2.24) is 0 Å².